The first kappa shape index (κ1) is 18.6. The molecule has 0 spiro atoms. The van der Waals surface area contributed by atoms with Crippen LogP contribution in [0.4, 0.5) is 4.39 Å². The fourth-order valence-electron chi connectivity index (χ4n) is 2.91. The summed E-state index contributed by atoms with van der Waals surface area (Å²) >= 11 is 1.47. The highest BCUT2D eigenvalue weighted by Crippen LogP contribution is 2.40. The number of hydrogen-bond donors (Lipinski definition) is 0. The number of carbonyl (C=O) groups excluding carboxylic acids is 2. The SMILES string of the molecule is COCCOC(=O)C1=C(C)N=C2SCCC(=O)N2[C@H]1c1ccc(F)cc1. The van der Waals surface area contributed by atoms with Crippen molar-refractivity contribution in [3.05, 3.63) is 46.9 Å². The Morgan fingerprint density at radius 3 is 2.77 bits per heavy atom. The second kappa shape index (κ2) is 8.01. The summed E-state index contributed by atoms with van der Waals surface area (Å²) in [5.41, 5.74) is 1.41. The number of carbonyl (C=O) groups is 2. The van der Waals surface area contributed by atoms with Crippen LogP contribution >= 0.6 is 11.8 Å². The van der Waals surface area contributed by atoms with Crippen LogP contribution in [-0.2, 0) is 19.1 Å². The number of aliphatic imine (C=N–C) groups is 1. The minimum atomic E-state index is -0.682. The standard InChI is InChI=1S/C18H19FN2O4S/c1-11-15(17(23)25-9-8-24-2)16(12-3-5-13(19)6-4-12)21-14(22)7-10-26-18(21)20-11/h3-6,16H,7-10H2,1-2H3/t16-/m0/s1. The lowest BCUT2D eigenvalue weighted by Crippen LogP contribution is -2.45. The molecule has 1 amide bonds. The van der Waals surface area contributed by atoms with Gasteiger partial charge in [0, 0.05) is 19.3 Å². The maximum atomic E-state index is 13.4. The highest BCUT2D eigenvalue weighted by Gasteiger charge is 2.41. The van der Waals surface area contributed by atoms with E-state index in [2.05, 4.69) is 4.99 Å². The first-order valence-electron chi connectivity index (χ1n) is 8.18. The Bertz CT molecular complexity index is 776. The lowest BCUT2D eigenvalue weighted by molar-refractivity contribution is -0.141. The molecule has 3 rings (SSSR count). The van der Waals surface area contributed by atoms with Crippen LogP contribution in [0, 0.1) is 5.82 Å². The number of thioether (sulfide) groups is 1. The molecule has 26 heavy (non-hydrogen) atoms. The van der Waals surface area contributed by atoms with Gasteiger partial charge in [0.05, 0.1) is 23.9 Å². The number of amidine groups is 1. The zero-order valence-electron chi connectivity index (χ0n) is 14.5. The molecule has 0 unspecified atom stereocenters. The van der Waals surface area contributed by atoms with E-state index in [1.165, 1.54) is 35.9 Å². The van der Waals surface area contributed by atoms with E-state index in [9.17, 15) is 14.0 Å². The van der Waals surface area contributed by atoms with Crippen LogP contribution in [0.3, 0.4) is 0 Å². The predicted molar refractivity (Wildman–Crippen MR) is 96.0 cm³/mol. The van der Waals surface area contributed by atoms with Gasteiger partial charge in [0.25, 0.3) is 0 Å². The van der Waals surface area contributed by atoms with E-state index >= 15 is 0 Å². The number of hydrogen-bond acceptors (Lipinski definition) is 6. The zero-order valence-corrected chi connectivity index (χ0v) is 15.3. The molecule has 1 aromatic carbocycles. The molecule has 2 aliphatic heterocycles. The van der Waals surface area contributed by atoms with E-state index in [-0.39, 0.29) is 30.5 Å². The van der Waals surface area contributed by atoms with Gasteiger partial charge in [-0.2, -0.15) is 0 Å². The van der Waals surface area contributed by atoms with Crippen molar-refractivity contribution in [2.45, 2.75) is 19.4 Å². The van der Waals surface area contributed by atoms with Crippen LogP contribution in [0.1, 0.15) is 24.9 Å². The normalized spacial score (nSPS) is 20.0. The number of halogens is 1. The fraction of sp³-hybridized carbons (Fsp3) is 0.389. The highest BCUT2D eigenvalue weighted by atomic mass is 32.2. The Morgan fingerprint density at radius 1 is 1.35 bits per heavy atom. The average molecular weight is 378 g/mol. The van der Waals surface area contributed by atoms with Gasteiger partial charge in [-0.3, -0.25) is 9.69 Å². The third-order valence-corrected chi connectivity index (χ3v) is 5.09. The summed E-state index contributed by atoms with van der Waals surface area (Å²) < 4.78 is 23.6. The summed E-state index contributed by atoms with van der Waals surface area (Å²) in [6.45, 7) is 2.08. The van der Waals surface area contributed by atoms with Crippen molar-refractivity contribution in [1.82, 2.24) is 4.90 Å². The van der Waals surface area contributed by atoms with E-state index in [1.54, 1.807) is 19.1 Å². The number of allylic oxidation sites excluding steroid dienone is 1. The predicted octanol–water partition coefficient (Wildman–Crippen LogP) is 2.67. The van der Waals surface area contributed by atoms with Crippen molar-refractivity contribution in [1.29, 1.82) is 0 Å². The molecule has 0 N–H and O–H groups in total. The van der Waals surface area contributed by atoms with Crippen LogP contribution in [0.15, 0.2) is 40.5 Å². The van der Waals surface area contributed by atoms with Gasteiger partial charge in [0.2, 0.25) is 5.91 Å². The summed E-state index contributed by atoms with van der Waals surface area (Å²) in [6.07, 6.45) is 0.354. The Morgan fingerprint density at radius 2 is 2.08 bits per heavy atom. The maximum absolute atomic E-state index is 13.4. The molecule has 6 nitrogen and oxygen atoms in total. The number of nitrogens with zero attached hydrogens (tertiary/aromatic N) is 2. The van der Waals surface area contributed by atoms with E-state index in [0.717, 1.165) is 0 Å². The van der Waals surface area contributed by atoms with Crippen molar-refractivity contribution in [3.63, 3.8) is 0 Å². The van der Waals surface area contributed by atoms with Crippen molar-refractivity contribution >= 4 is 28.8 Å². The molecule has 1 aromatic rings. The summed E-state index contributed by atoms with van der Waals surface area (Å²) in [6, 6.07) is 5.09. The number of amides is 1. The smallest absolute Gasteiger partial charge is 0.338 e. The van der Waals surface area contributed by atoms with Crippen LogP contribution in [0.2, 0.25) is 0 Å². The van der Waals surface area contributed by atoms with E-state index in [4.69, 9.17) is 9.47 Å². The molecule has 0 radical (unpaired) electrons. The van der Waals surface area contributed by atoms with Crippen LogP contribution in [0.5, 0.6) is 0 Å². The minimum absolute atomic E-state index is 0.0987. The van der Waals surface area contributed by atoms with E-state index in [0.29, 0.717) is 28.6 Å². The first-order chi connectivity index (χ1) is 12.5. The Kier molecular flexibility index (Phi) is 5.73. The second-order valence-electron chi connectivity index (χ2n) is 5.84. The first-order valence-corrected chi connectivity index (χ1v) is 9.17. The number of benzene rings is 1. The van der Waals surface area contributed by atoms with Gasteiger partial charge < -0.3 is 9.47 Å². The van der Waals surface area contributed by atoms with Crippen LogP contribution in [-0.4, -0.2) is 48.0 Å². The van der Waals surface area contributed by atoms with Crippen molar-refractivity contribution in [2.24, 2.45) is 4.99 Å². The lowest BCUT2D eigenvalue weighted by atomic mass is 9.94. The molecule has 2 heterocycles. The second-order valence-corrected chi connectivity index (χ2v) is 6.90. The molecule has 0 bridgehead atoms. The maximum Gasteiger partial charge on any atom is 0.338 e. The summed E-state index contributed by atoms with van der Waals surface area (Å²) in [5, 5.41) is 0.557. The topological polar surface area (TPSA) is 68.2 Å². The van der Waals surface area contributed by atoms with Gasteiger partial charge in [0.1, 0.15) is 12.4 Å². The summed E-state index contributed by atoms with van der Waals surface area (Å²) in [4.78, 5) is 31.2. The van der Waals surface area contributed by atoms with Crippen LogP contribution in [0.25, 0.3) is 0 Å². The molecule has 0 aromatic heterocycles. The van der Waals surface area contributed by atoms with E-state index in [1.807, 2.05) is 0 Å². The lowest BCUT2D eigenvalue weighted by Gasteiger charge is -2.38. The summed E-state index contributed by atoms with van der Waals surface area (Å²) in [7, 11) is 1.51. The number of rotatable bonds is 5. The highest BCUT2D eigenvalue weighted by molar-refractivity contribution is 8.14. The minimum Gasteiger partial charge on any atom is -0.460 e. The molecule has 138 valence electrons. The largest absolute Gasteiger partial charge is 0.460 e. The molecule has 2 aliphatic rings. The average Bonchev–Trinajstić information content (AvgIpc) is 2.61. The Labute approximate surface area is 155 Å². The number of fused-ring (bicyclic) bond motifs is 1. The van der Waals surface area contributed by atoms with Gasteiger partial charge in [-0.15, -0.1) is 0 Å². The Balaban J connectivity index is 2.03. The van der Waals surface area contributed by atoms with Gasteiger partial charge >= 0.3 is 5.97 Å². The molecular weight excluding hydrogens is 359 g/mol. The molecule has 1 saturated heterocycles. The van der Waals surface area contributed by atoms with E-state index < -0.39 is 12.0 Å². The zero-order chi connectivity index (χ0) is 18.7. The summed E-state index contributed by atoms with van der Waals surface area (Å²) in [5.74, 6) is -0.417. The molecule has 1 fully saturated rings. The van der Waals surface area contributed by atoms with Crippen molar-refractivity contribution in [3.8, 4) is 0 Å². The quantitative estimate of drug-likeness (QED) is 0.582. The molecule has 8 heteroatoms. The van der Waals surface area contributed by atoms with Gasteiger partial charge in [-0.05, 0) is 24.6 Å². The van der Waals surface area contributed by atoms with Crippen molar-refractivity contribution < 1.29 is 23.5 Å². The van der Waals surface area contributed by atoms with Crippen molar-refractivity contribution in [2.75, 3.05) is 26.1 Å². The van der Waals surface area contributed by atoms with Gasteiger partial charge in [-0.1, -0.05) is 23.9 Å². The van der Waals surface area contributed by atoms with Gasteiger partial charge in [-0.25, -0.2) is 14.2 Å². The molecular formula is C18H19FN2O4S. The fourth-order valence-corrected chi connectivity index (χ4v) is 3.92. The number of esters is 1. The molecule has 1 atom stereocenters. The third-order valence-electron chi connectivity index (χ3n) is 4.13. The Hall–Kier alpha value is -2.19. The monoisotopic (exact) mass is 378 g/mol. The van der Waals surface area contributed by atoms with Crippen LogP contribution < -0.4 is 0 Å². The van der Waals surface area contributed by atoms with Gasteiger partial charge in [0.15, 0.2) is 5.17 Å². The third kappa shape index (κ3) is 3.66. The molecule has 0 saturated carbocycles. The molecule has 0 aliphatic carbocycles. The number of methoxy groups -OCH3 is 1. The number of ether oxygens (including phenoxy) is 2.